The maximum absolute atomic E-state index is 13.2. The van der Waals surface area contributed by atoms with Crippen molar-refractivity contribution in [3.63, 3.8) is 0 Å². The van der Waals surface area contributed by atoms with Gasteiger partial charge in [0.25, 0.3) is 0 Å². The van der Waals surface area contributed by atoms with Gasteiger partial charge in [0.05, 0.1) is 10.4 Å². The molecule has 0 saturated carbocycles. The van der Waals surface area contributed by atoms with E-state index in [2.05, 4.69) is 15.9 Å². The minimum absolute atomic E-state index is 0.143. The predicted molar refractivity (Wildman–Crippen MR) is 61.8 cm³/mol. The van der Waals surface area contributed by atoms with Crippen molar-refractivity contribution in [3.8, 4) is 0 Å². The summed E-state index contributed by atoms with van der Waals surface area (Å²) in [6.45, 7) is 1.68. The van der Waals surface area contributed by atoms with E-state index in [0.717, 1.165) is 3.57 Å². The van der Waals surface area contributed by atoms with Gasteiger partial charge in [-0.2, -0.15) is 0 Å². The molecule has 0 fully saturated rings. The topological polar surface area (TPSA) is 17.1 Å². The Kier molecular flexibility index (Phi) is 3.85. The molecule has 1 aromatic rings. The Morgan fingerprint density at radius 3 is 2.69 bits per heavy atom. The third kappa shape index (κ3) is 2.74. The fourth-order valence-electron chi connectivity index (χ4n) is 0.904. The Morgan fingerprint density at radius 2 is 2.23 bits per heavy atom. The van der Waals surface area contributed by atoms with Crippen molar-refractivity contribution in [1.82, 2.24) is 0 Å². The van der Waals surface area contributed by atoms with Crippen molar-refractivity contribution in [3.05, 3.63) is 33.1 Å². The second kappa shape index (κ2) is 4.50. The standard InChI is InChI=1S/C9H7BrFIO/c1-5(10)9(13)7-3-2-6(12)4-8(7)11/h2-5H,1H3. The van der Waals surface area contributed by atoms with Crippen LogP contribution in [0, 0.1) is 9.39 Å². The summed E-state index contributed by atoms with van der Waals surface area (Å²) in [4.78, 5) is 11.0. The molecule has 0 aliphatic heterocycles. The molecule has 0 aliphatic carbocycles. The quantitative estimate of drug-likeness (QED) is 0.451. The van der Waals surface area contributed by atoms with Crippen LogP contribution in [0.5, 0.6) is 0 Å². The molecule has 0 bridgehead atoms. The molecule has 70 valence electrons. The Bertz CT molecular complexity index is 338. The van der Waals surface area contributed by atoms with Gasteiger partial charge in [0.2, 0.25) is 0 Å². The lowest BCUT2D eigenvalue weighted by Gasteiger charge is -2.03. The number of ketones is 1. The van der Waals surface area contributed by atoms with E-state index in [4.69, 9.17) is 0 Å². The van der Waals surface area contributed by atoms with E-state index in [0.29, 0.717) is 0 Å². The maximum Gasteiger partial charge on any atom is 0.179 e. The van der Waals surface area contributed by atoms with Crippen LogP contribution in [0.2, 0.25) is 0 Å². The third-order valence-corrected chi connectivity index (χ3v) is 2.64. The normalized spacial score (nSPS) is 12.6. The first-order valence-corrected chi connectivity index (χ1v) is 5.65. The van der Waals surface area contributed by atoms with E-state index in [1.165, 1.54) is 12.1 Å². The van der Waals surface area contributed by atoms with Gasteiger partial charge in [-0.25, -0.2) is 4.39 Å². The molecule has 0 saturated heterocycles. The van der Waals surface area contributed by atoms with Gasteiger partial charge >= 0.3 is 0 Å². The van der Waals surface area contributed by atoms with Gasteiger partial charge < -0.3 is 0 Å². The molecule has 0 N–H and O–H groups in total. The number of rotatable bonds is 2. The smallest absolute Gasteiger partial charge is 0.179 e. The largest absolute Gasteiger partial charge is 0.293 e. The number of hydrogen-bond acceptors (Lipinski definition) is 1. The van der Waals surface area contributed by atoms with Crippen LogP contribution in [0.3, 0.4) is 0 Å². The summed E-state index contributed by atoms with van der Waals surface area (Å²) in [6.07, 6.45) is 0. The number of alkyl halides is 1. The van der Waals surface area contributed by atoms with Crippen LogP contribution in [-0.4, -0.2) is 10.6 Å². The number of hydrogen-bond donors (Lipinski definition) is 0. The summed E-state index contributed by atoms with van der Waals surface area (Å²) < 4.78 is 14.0. The van der Waals surface area contributed by atoms with Crippen LogP contribution in [0.4, 0.5) is 4.39 Å². The minimum Gasteiger partial charge on any atom is -0.293 e. The van der Waals surface area contributed by atoms with Crippen LogP contribution in [0.15, 0.2) is 18.2 Å². The second-order valence-corrected chi connectivity index (χ2v) is 5.22. The second-order valence-electron chi connectivity index (χ2n) is 2.60. The molecule has 1 unspecified atom stereocenters. The molecule has 0 amide bonds. The van der Waals surface area contributed by atoms with E-state index < -0.39 is 5.82 Å². The molecule has 1 aromatic carbocycles. The Balaban J connectivity index is 3.09. The van der Waals surface area contributed by atoms with Gasteiger partial charge in [-0.3, -0.25) is 4.79 Å². The molecular formula is C9H7BrFIO. The molecule has 4 heteroatoms. The molecule has 1 rings (SSSR count). The zero-order valence-corrected chi connectivity index (χ0v) is 10.6. The summed E-state index contributed by atoms with van der Waals surface area (Å²) in [5.41, 5.74) is 0.143. The van der Waals surface area contributed by atoms with Gasteiger partial charge in [-0.05, 0) is 47.7 Å². The molecule has 0 aromatic heterocycles. The summed E-state index contributed by atoms with van der Waals surface area (Å²) in [7, 11) is 0. The number of Topliss-reactive ketones (excluding diaryl/α,β-unsaturated/α-hetero) is 1. The third-order valence-electron chi connectivity index (χ3n) is 1.56. The summed E-state index contributed by atoms with van der Waals surface area (Å²) in [6, 6.07) is 4.58. The highest BCUT2D eigenvalue weighted by molar-refractivity contribution is 14.1. The van der Waals surface area contributed by atoms with Crippen molar-refractivity contribution in [2.24, 2.45) is 0 Å². The lowest BCUT2D eigenvalue weighted by molar-refractivity contribution is 0.0992. The Morgan fingerprint density at radius 1 is 1.62 bits per heavy atom. The maximum atomic E-state index is 13.2. The highest BCUT2D eigenvalue weighted by atomic mass is 127. The van der Waals surface area contributed by atoms with Crippen molar-refractivity contribution in [2.45, 2.75) is 11.8 Å². The molecule has 0 radical (unpaired) electrons. The van der Waals surface area contributed by atoms with E-state index in [1.807, 2.05) is 22.6 Å². The van der Waals surface area contributed by atoms with Crippen LogP contribution in [0.25, 0.3) is 0 Å². The fraction of sp³-hybridized carbons (Fsp3) is 0.222. The van der Waals surface area contributed by atoms with E-state index in [1.54, 1.807) is 13.0 Å². The van der Waals surface area contributed by atoms with Gasteiger partial charge in [-0.1, -0.05) is 15.9 Å². The zero-order chi connectivity index (χ0) is 10.0. The number of carbonyl (C=O) groups is 1. The van der Waals surface area contributed by atoms with Crippen molar-refractivity contribution in [1.29, 1.82) is 0 Å². The lowest BCUT2D eigenvalue weighted by atomic mass is 10.1. The van der Waals surface area contributed by atoms with E-state index in [-0.39, 0.29) is 16.2 Å². The van der Waals surface area contributed by atoms with Crippen LogP contribution < -0.4 is 0 Å². The van der Waals surface area contributed by atoms with E-state index in [9.17, 15) is 9.18 Å². The lowest BCUT2D eigenvalue weighted by Crippen LogP contribution is -2.11. The number of carbonyl (C=O) groups excluding carboxylic acids is 1. The first-order chi connectivity index (χ1) is 6.02. The highest BCUT2D eigenvalue weighted by Crippen LogP contribution is 2.16. The number of benzene rings is 1. The summed E-state index contributed by atoms with van der Waals surface area (Å²) in [5, 5.41) is 0. The van der Waals surface area contributed by atoms with Crippen molar-refractivity contribution in [2.75, 3.05) is 0 Å². The molecule has 13 heavy (non-hydrogen) atoms. The minimum atomic E-state index is -0.455. The highest BCUT2D eigenvalue weighted by Gasteiger charge is 2.15. The van der Waals surface area contributed by atoms with Crippen LogP contribution in [-0.2, 0) is 0 Å². The molecular weight excluding hydrogens is 350 g/mol. The first kappa shape index (κ1) is 11.1. The average Bonchev–Trinajstić information content (AvgIpc) is 2.03. The summed E-state index contributed by atoms with van der Waals surface area (Å²) >= 11 is 5.11. The Hall–Kier alpha value is 0.0300. The van der Waals surface area contributed by atoms with Crippen molar-refractivity contribution >= 4 is 44.3 Å². The van der Waals surface area contributed by atoms with Crippen LogP contribution >= 0.6 is 38.5 Å². The van der Waals surface area contributed by atoms with Crippen LogP contribution in [0.1, 0.15) is 17.3 Å². The zero-order valence-electron chi connectivity index (χ0n) is 6.85. The molecule has 1 nitrogen and oxygen atoms in total. The monoisotopic (exact) mass is 356 g/mol. The fourth-order valence-corrected chi connectivity index (χ4v) is 1.60. The predicted octanol–water partition coefficient (Wildman–Crippen LogP) is 3.40. The van der Waals surface area contributed by atoms with Crippen molar-refractivity contribution < 1.29 is 9.18 Å². The van der Waals surface area contributed by atoms with E-state index >= 15 is 0 Å². The van der Waals surface area contributed by atoms with Gasteiger partial charge in [-0.15, -0.1) is 0 Å². The first-order valence-electron chi connectivity index (χ1n) is 3.65. The summed E-state index contributed by atoms with van der Waals surface area (Å²) in [5.74, 6) is -0.683. The Labute approximate surface area is 98.0 Å². The molecule has 1 atom stereocenters. The molecule has 0 spiro atoms. The average molecular weight is 357 g/mol. The molecule has 0 aliphatic rings. The number of halogens is 3. The SMILES string of the molecule is CC(Br)C(=O)c1ccc(I)cc1F. The van der Waals surface area contributed by atoms with Gasteiger partial charge in [0.15, 0.2) is 5.78 Å². The van der Waals surface area contributed by atoms with Gasteiger partial charge in [0, 0.05) is 3.57 Å². The molecule has 0 heterocycles. The van der Waals surface area contributed by atoms with Gasteiger partial charge in [0.1, 0.15) is 5.82 Å².